The number of ether oxygens (including phenoxy) is 3. The Labute approximate surface area is 225 Å². The van der Waals surface area contributed by atoms with E-state index in [1.807, 2.05) is 6.92 Å². The molecular weight excluding hydrogens is 502 g/mol. The molecule has 3 aromatic rings. The van der Waals surface area contributed by atoms with Gasteiger partial charge in [0.15, 0.2) is 0 Å². The maximum absolute atomic E-state index is 13.5. The molecule has 0 aromatic heterocycles. The Morgan fingerprint density at radius 1 is 0.897 bits per heavy atom. The molecule has 0 saturated carbocycles. The minimum Gasteiger partial charge on any atom is -0.507 e. The van der Waals surface area contributed by atoms with E-state index in [0.29, 0.717) is 47.3 Å². The van der Waals surface area contributed by atoms with Gasteiger partial charge >= 0.3 is 5.97 Å². The van der Waals surface area contributed by atoms with Crippen molar-refractivity contribution in [2.24, 2.45) is 0 Å². The Morgan fingerprint density at radius 2 is 1.62 bits per heavy atom. The lowest BCUT2D eigenvalue weighted by atomic mass is 9.94. The Balaban J connectivity index is 1.91. The Kier molecular flexibility index (Phi) is 8.19. The molecule has 0 aliphatic carbocycles. The van der Waals surface area contributed by atoms with Crippen LogP contribution < -0.4 is 19.1 Å². The summed E-state index contributed by atoms with van der Waals surface area (Å²) in [7, 11) is 1.51. The van der Waals surface area contributed by atoms with Crippen LogP contribution in [0, 0.1) is 0 Å². The third kappa shape index (κ3) is 5.57. The van der Waals surface area contributed by atoms with E-state index in [1.165, 1.54) is 12.0 Å². The zero-order chi connectivity index (χ0) is 28.1. The zero-order valence-corrected chi connectivity index (χ0v) is 21.8. The highest BCUT2D eigenvalue weighted by atomic mass is 16.5. The summed E-state index contributed by atoms with van der Waals surface area (Å²) in [4.78, 5) is 39.4. The largest absolute Gasteiger partial charge is 0.507 e. The van der Waals surface area contributed by atoms with Gasteiger partial charge in [0, 0.05) is 11.8 Å². The molecule has 1 aliphatic rings. The van der Waals surface area contributed by atoms with Gasteiger partial charge in [-0.25, -0.2) is 0 Å². The first-order valence-corrected chi connectivity index (χ1v) is 12.4. The van der Waals surface area contributed by atoms with Crippen LogP contribution in [0.3, 0.4) is 0 Å². The second-order valence-corrected chi connectivity index (χ2v) is 8.71. The normalized spacial score (nSPS) is 16.3. The van der Waals surface area contributed by atoms with Crippen LogP contribution in [0.25, 0.3) is 5.76 Å². The molecule has 1 atom stereocenters. The molecular formula is C30H29NO8. The maximum atomic E-state index is 13.5. The monoisotopic (exact) mass is 531 g/mol. The summed E-state index contributed by atoms with van der Waals surface area (Å²) in [6.07, 6.45) is -0.184. The number of ketones is 1. The van der Waals surface area contributed by atoms with Crippen LogP contribution in [0.2, 0.25) is 0 Å². The number of carbonyl (C=O) groups excluding carboxylic acids is 2. The van der Waals surface area contributed by atoms with Crippen LogP contribution in [0.4, 0.5) is 5.69 Å². The van der Waals surface area contributed by atoms with Crippen LogP contribution in [0.1, 0.15) is 36.6 Å². The number of hydrogen-bond donors (Lipinski definition) is 2. The van der Waals surface area contributed by atoms with Gasteiger partial charge in [0.1, 0.15) is 23.0 Å². The summed E-state index contributed by atoms with van der Waals surface area (Å²) in [5.74, 6) is -1.74. The molecule has 2 N–H and O–H groups in total. The number of aliphatic hydroxyl groups is 1. The minimum absolute atomic E-state index is 0.118. The summed E-state index contributed by atoms with van der Waals surface area (Å²) in [6.45, 7) is 4.37. The van der Waals surface area contributed by atoms with Crippen LogP contribution in [0.15, 0.2) is 72.3 Å². The van der Waals surface area contributed by atoms with Crippen molar-refractivity contribution in [2.45, 2.75) is 26.3 Å². The number of amides is 1. The number of nitrogens with zero attached hydrogens (tertiary/aromatic N) is 1. The fraction of sp³-hybridized carbons (Fsp3) is 0.233. The lowest BCUT2D eigenvalue weighted by Gasteiger charge is -2.26. The molecule has 1 saturated heterocycles. The maximum Gasteiger partial charge on any atom is 0.307 e. The number of aliphatic carboxylic acids is 1. The number of benzene rings is 3. The smallest absolute Gasteiger partial charge is 0.307 e. The molecule has 4 rings (SSSR count). The van der Waals surface area contributed by atoms with Gasteiger partial charge in [0.2, 0.25) is 0 Å². The summed E-state index contributed by atoms with van der Waals surface area (Å²) >= 11 is 0. The molecule has 1 amide bonds. The SMILES string of the molecule is CCOc1ccc(/C(O)=C2/C(=O)C(=O)N(c3ccc(CC(=O)O)cc3)C2c2cccc(OC)c2)c(OCC)c1. The van der Waals surface area contributed by atoms with Crippen LogP contribution in [0.5, 0.6) is 17.2 Å². The molecule has 3 aromatic carbocycles. The van der Waals surface area contributed by atoms with Gasteiger partial charge < -0.3 is 24.4 Å². The molecule has 9 heteroatoms. The Hall–Kier alpha value is -4.79. The summed E-state index contributed by atoms with van der Waals surface area (Å²) in [5.41, 5.74) is 1.57. The van der Waals surface area contributed by atoms with Gasteiger partial charge in [-0.3, -0.25) is 19.3 Å². The third-order valence-corrected chi connectivity index (χ3v) is 6.24. The number of carbonyl (C=O) groups is 3. The van der Waals surface area contributed by atoms with E-state index >= 15 is 0 Å². The predicted octanol–water partition coefficient (Wildman–Crippen LogP) is 4.75. The van der Waals surface area contributed by atoms with Gasteiger partial charge in [0.05, 0.1) is 43.9 Å². The van der Waals surface area contributed by atoms with Crippen molar-refractivity contribution in [3.63, 3.8) is 0 Å². The Morgan fingerprint density at radius 3 is 2.26 bits per heavy atom. The molecule has 1 heterocycles. The second kappa shape index (κ2) is 11.7. The first kappa shape index (κ1) is 27.3. The van der Waals surface area contributed by atoms with Crippen molar-refractivity contribution in [3.8, 4) is 17.2 Å². The summed E-state index contributed by atoms with van der Waals surface area (Å²) < 4.78 is 16.7. The van der Waals surface area contributed by atoms with E-state index in [2.05, 4.69) is 0 Å². The first-order chi connectivity index (χ1) is 18.8. The van der Waals surface area contributed by atoms with Gasteiger partial charge in [-0.1, -0.05) is 24.3 Å². The molecule has 0 radical (unpaired) electrons. The molecule has 202 valence electrons. The Bertz CT molecular complexity index is 1430. The molecule has 0 bridgehead atoms. The topological polar surface area (TPSA) is 123 Å². The van der Waals surface area contributed by atoms with E-state index in [1.54, 1.807) is 73.7 Å². The van der Waals surface area contributed by atoms with Gasteiger partial charge in [-0.15, -0.1) is 0 Å². The van der Waals surface area contributed by atoms with Crippen LogP contribution in [-0.2, 0) is 20.8 Å². The van der Waals surface area contributed by atoms with Crippen molar-refractivity contribution in [1.82, 2.24) is 0 Å². The molecule has 1 fully saturated rings. The van der Waals surface area contributed by atoms with Crippen LogP contribution in [-0.4, -0.2) is 48.2 Å². The van der Waals surface area contributed by atoms with E-state index in [4.69, 9.17) is 19.3 Å². The quantitative estimate of drug-likeness (QED) is 0.218. The second-order valence-electron chi connectivity index (χ2n) is 8.71. The van der Waals surface area contributed by atoms with Crippen molar-refractivity contribution in [2.75, 3.05) is 25.2 Å². The number of hydrogen-bond acceptors (Lipinski definition) is 7. The summed E-state index contributed by atoms with van der Waals surface area (Å²) in [5, 5.41) is 20.7. The number of carboxylic acid groups (broad SMARTS) is 1. The number of aliphatic hydroxyl groups excluding tert-OH is 1. The van der Waals surface area contributed by atoms with Gasteiger partial charge in [-0.05, 0) is 61.4 Å². The van der Waals surface area contributed by atoms with Gasteiger partial charge in [-0.2, -0.15) is 0 Å². The lowest BCUT2D eigenvalue weighted by molar-refractivity contribution is -0.136. The standard InChI is InChI=1S/C30H29NO8/c1-4-38-22-13-14-23(24(17-22)39-5-2)28(34)26-27(19-7-6-8-21(16-19)37-3)31(30(36)29(26)35)20-11-9-18(10-12-20)15-25(32)33/h6-14,16-17,27,34H,4-5,15H2,1-3H3,(H,32,33)/b28-26-. The average Bonchev–Trinajstić information content (AvgIpc) is 3.19. The highest BCUT2D eigenvalue weighted by Crippen LogP contribution is 2.44. The fourth-order valence-electron chi connectivity index (χ4n) is 4.55. The fourth-order valence-corrected chi connectivity index (χ4v) is 4.55. The predicted molar refractivity (Wildman–Crippen MR) is 144 cm³/mol. The number of methoxy groups -OCH3 is 1. The third-order valence-electron chi connectivity index (χ3n) is 6.24. The lowest BCUT2D eigenvalue weighted by Crippen LogP contribution is -2.29. The zero-order valence-electron chi connectivity index (χ0n) is 21.8. The minimum atomic E-state index is -0.994. The number of Topliss-reactive ketones (excluding diaryl/α,β-unsaturated/α-hetero) is 1. The molecule has 0 spiro atoms. The van der Waals surface area contributed by atoms with Crippen molar-refractivity contribution in [1.29, 1.82) is 0 Å². The molecule has 9 nitrogen and oxygen atoms in total. The molecule has 1 unspecified atom stereocenters. The number of anilines is 1. The summed E-state index contributed by atoms with van der Waals surface area (Å²) in [6, 6.07) is 17.1. The number of rotatable bonds is 10. The van der Waals surface area contributed by atoms with E-state index < -0.39 is 29.5 Å². The van der Waals surface area contributed by atoms with E-state index in [-0.39, 0.29) is 17.6 Å². The molecule has 39 heavy (non-hydrogen) atoms. The van der Waals surface area contributed by atoms with Crippen molar-refractivity contribution in [3.05, 3.63) is 89.0 Å². The van der Waals surface area contributed by atoms with Crippen molar-refractivity contribution < 1.29 is 38.8 Å². The van der Waals surface area contributed by atoms with E-state index in [9.17, 15) is 19.5 Å². The number of carboxylic acids is 1. The first-order valence-electron chi connectivity index (χ1n) is 12.4. The van der Waals surface area contributed by atoms with Crippen molar-refractivity contribution >= 4 is 29.1 Å². The highest BCUT2D eigenvalue weighted by Gasteiger charge is 2.47. The highest BCUT2D eigenvalue weighted by molar-refractivity contribution is 6.51. The van der Waals surface area contributed by atoms with Crippen LogP contribution >= 0.6 is 0 Å². The van der Waals surface area contributed by atoms with Gasteiger partial charge in [0.25, 0.3) is 11.7 Å². The average molecular weight is 532 g/mol. The molecule has 1 aliphatic heterocycles. The van der Waals surface area contributed by atoms with E-state index in [0.717, 1.165) is 0 Å².